The summed E-state index contributed by atoms with van der Waals surface area (Å²) >= 11 is 7.00. The first-order chi connectivity index (χ1) is 64.6. The Kier molecular flexibility index (Phi) is 30.2. The van der Waals surface area contributed by atoms with Crippen molar-refractivity contribution in [3.63, 3.8) is 0 Å². The zero-order valence-corrected chi connectivity index (χ0v) is 88.2. The van der Waals surface area contributed by atoms with Gasteiger partial charge in [-0.25, -0.2) is 34.9 Å². The molecule has 0 amide bonds. The normalized spacial score (nSPS) is 17.9. The molecule has 12 aromatic rings. The number of aromatic nitrogens is 8. The van der Waals surface area contributed by atoms with Gasteiger partial charge in [-0.05, 0) is 283 Å². The molecule has 23 heteroatoms. The first-order valence-corrected chi connectivity index (χ1v) is 54.5. The second kappa shape index (κ2) is 41.5. The van der Waals surface area contributed by atoms with Crippen LogP contribution >= 0.6 is 31.9 Å². The van der Waals surface area contributed by atoms with E-state index >= 15 is 0 Å². The Morgan fingerprint density at radius 3 is 1.14 bits per heavy atom. The summed E-state index contributed by atoms with van der Waals surface area (Å²) in [7, 11) is 17.5. The number of halogens is 2. The van der Waals surface area contributed by atoms with Crippen molar-refractivity contribution in [2.75, 3.05) is 180 Å². The van der Waals surface area contributed by atoms with Crippen LogP contribution in [0.25, 0.3) is 43.6 Å². The largest absolute Gasteiger partial charge is 0.415 e. The van der Waals surface area contributed by atoms with Crippen molar-refractivity contribution in [3.05, 3.63) is 235 Å². The smallest absolute Gasteiger partial charge is 0.258 e. The second-order valence-corrected chi connectivity index (χ2v) is 49.7. The lowest BCUT2D eigenvalue weighted by atomic mass is 9.88. The van der Waals surface area contributed by atoms with Crippen LogP contribution in [-0.4, -0.2) is 184 Å². The Morgan fingerprint density at radius 2 is 0.770 bits per heavy atom. The number of nitrogens with zero attached hydrogens (tertiary/aromatic N) is 15. The summed E-state index contributed by atoms with van der Waals surface area (Å²) in [5.74, 6) is 9.75. The van der Waals surface area contributed by atoms with Crippen LogP contribution < -0.4 is 55.4 Å². The number of H-pyrrole nitrogens is 1. The maximum atomic E-state index is 11.9. The van der Waals surface area contributed by atoms with Gasteiger partial charge in [0.05, 0.1) is 34.1 Å². The third-order valence-corrected chi connectivity index (χ3v) is 36.2. The van der Waals surface area contributed by atoms with E-state index in [9.17, 15) is 4.79 Å². The molecule has 4 saturated carbocycles. The van der Waals surface area contributed by atoms with Gasteiger partial charge in [-0.1, -0.05) is 160 Å². The highest BCUT2D eigenvalue weighted by Gasteiger charge is 2.47. The van der Waals surface area contributed by atoms with Crippen LogP contribution in [0.4, 0.5) is 51.6 Å². The molecule has 0 unspecified atom stereocenters. The van der Waals surface area contributed by atoms with E-state index in [4.69, 9.17) is 34.3 Å². The van der Waals surface area contributed by atoms with Gasteiger partial charge >= 0.3 is 0 Å². The van der Waals surface area contributed by atoms with Crippen molar-refractivity contribution < 1.29 is 4.43 Å². The van der Waals surface area contributed by atoms with Gasteiger partial charge in [0.15, 0.2) is 8.32 Å². The van der Waals surface area contributed by atoms with Crippen LogP contribution in [0.15, 0.2) is 184 Å². The number of anilines is 9. The van der Waals surface area contributed by atoms with Crippen LogP contribution in [0.2, 0.25) is 18.1 Å². The van der Waals surface area contributed by atoms with E-state index in [0.29, 0.717) is 23.1 Å². The molecule has 0 spiro atoms. The number of nitrogens with one attached hydrogen (secondary N) is 3. The fraction of sp³-hybridized carbons (Fsp3) is 0.500. The minimum Gasteiger partial charge on any atom is -0.415 e. The molecule has 0 bridgehead atoms. The average Bonchev–Trinajstić information content (AvgIpc) is 1.66. The van der Waals surface area contributed by atoms with Crippen LogP contribution in [0.3, 0.4) is 0 Å². The molecule has 0 radical (unpaired) electrons. The summed E-state index contributed by atoms with van der Waals surface area (Å²) in [6, 6.07) is 60.7. The van der Waals surface area contributed by atoms with Gasteiger partial charge in [-0.15, -0.1) is 0 Å². The van der Waals surface area contributed by atoms with Crippen LogP contribution in [0.1, 0.15) is 234 Å². The Bertz CT molecular complexity index is 6180. The molecule has 8 fully saturated rings. The maximum Gasteiger partial charge on any atom is 0.258 e. The zero-order chi connectivity index (χ0) is 95.5. The lowest BCUT2D eigenvalue weighted by Gasteiger charge is -2.36. The summed E-state index contributed by atoms with van der Waals surface area (Å²) in [5.41, 5.74) is 18.2. The van der Waals surface area contributed by atoms with Gasteiger partial charge in [0.1, 0.15) is 40.8 Å². The molecular weight excluding hydrogens is 1820 g/mol. The molecule has 3 N–H and O–H groups in total. The molecule has 4 aliphatic carbocycles. The molecule has 8 heterocycles. The highest BCUT2D eigenvalue weighted by atomic mass is 79.9. The maximum absolute atomic E-state index is 11.9. The van der Waals surface area contributed by atoms with E-state index in [-0.39, 0.29) is 32.3 Å². The molecule has 716 valence electrons. The second-order valence-electron chi connectivity index (χ2n) is 43.1. The predicted molar refractivity (Wildman–Crippen MR) is 578 cm³/mol. The van der Waals surface area contributed by atoms with E-state index in [1.807, 2.05) is 12.1 Å². The molecule has 135 heavy (non-hydrogen) atoms. The van der Waals surface area contributed by atoms with Gasteiger partial charge in [0.2, 0.25) is 0 Å². The number of hydrogen-bond donors (Lipinski definition) is 3. The number of benzene rings is 8. The molecule has 8 aromatic carbocycles. The third kappa shape index (κ3) is 23.0. The molecule has 20 rings (SSSR count). The molecular formula is C112H148Br2N18O2Si. The lowest BCUT2D eigenvalue weighted by Crippen LogP contribution is -2.41. The summed E-state index contributed by atoms with van der Waals surface area (Å²) in [6.45, 7) is 33.8. The number of aromatic amines is 1. The van der Waals surface area contributed by atoms with Gasteiger partial charge in [0.25, 0.3) is 5.56 Å². The summed E-state index contributed by atoms with van der Waals surface area (Å²) in [6.07, 6.45) is 19.9. The van der Waals surface area contributed by atoms with E-state index in [1.165, 1.54) is 107 Å². The SMILES string of the molecule is CC1(c2nc3ccc(Br)cc3c(=O)[nH]2)CC1.CCCN(C)c1ccc2nc(C3(C)CC3)nc(N3CCC(c4ccccc4N(C)C)CC3)c2c1.CN(C)c1ccccc1C1CCN(c2nc(C3(C)CC3)nc3ccc(Br)cc23)CC1.CN(C)c1ccccc1C1CCN(c2nc(C3(C)CC3)nc3ccc(NCCO[Si](C)(C)C(C)(C)C)cc23)CC1.CN(C)c1ccccc1C1CCNCC1. The molecule has 4 saturated heterocycles. The Morgan fingerprint density at radius 1 is 0.430 bits per heavy atom. The van der Waals surface area contributed by atoms with E-state index < -0.39 is 8.32 Å². The van der Waals surface area contributed by atoms with Crippen molar-refractivity contribution in [2.45, 2.75) is 228 Å². The van der Waals surface area contributed by atoms with Gasteiger partial charge in [-0.3, -0.25) is 4.79 Å². The Labute approximate surface area is 821 Å². The zero-order valence-electron chi connectivity index (χ0n) is 84.1. The van der Waals surface area contributed by atoms with Gasteiger partial charge in [-0.2, -0.15) is 0 Å². The molecule has 0 atom stereocenters. The molecule has 8 aliphatic rings. The first kappa shape index (κ1) is 98.3. The number of rotatable bonds is 23. The van der Waals surface area contributed by atoms with E-state index in [2.05, 4.69) is 375 Å². The van der Waals surface area contributed by atoms with Crippen molar-refractivity contribution in [1.29, 1.82) is 0 Å². The van der Waals surface area contributed by atoms with E-state index in [0.717, 1.165) is 224 Å². The van der Waals surface area contributed by atoms with Crippen LogP contribution in [0, 0.1) is 0 Å². The fourth-order valence-electron chi connectivity index (χ4n) is 19.7. The van der Waals surface area contributed by atoms with Crippen LogP contribution in [-0.2, 0) is 26.1 Å². The molecule has 4 aliphatic heterocycles. The van der Waals surface area contributed by atoms with Gasteiger partial charge < -0.3 is 59.2 Å². The third-order valence-electron chi connectivity index (χ3n) is 30.7. The van der Waals surface area contributed by atoms with Gasteiger partial charge in [0, 0.05) is 197 Å². The molecule has 4 aromatic heterocycles. The molecule has 20 nitrogen and oxygen atoms in total. The lowest BCUT2D eigenvalue weighted by molar-refractivity contribution is 0.301. The topological polar surface area (TPSA) is 182 Å². The fourth-order valence-corrected chi connectivity index (χ4v) is 21.5. The highest BCUT2D eigenvalue weighted by Crippen LogP contribution is 2.52. The minimum absolute atomic E-state index is 0.0468. The first-order valence-electron chi connectivity index (χ1n) is 50.0. The summed E-state index contributed by atoms with van der Waals surface area (Å²) in [5, 5.41) is 11.4. The highest BCUT2D eigenvalue weighted by molar-refractivity contribution is 9.10. The number of piperidine rings is 4. The summed E-state index contributed by atoms with van der Waals surface area (Å²) < 4.78 is 8.38. The average molecular weight is 1970 g/mol. The number of fused-ring (bicyclic) bond motifs is 4. The minimum atomic E-state index is -1.75. The van der Waals surface area contributed by atoms with Crippen molar-refractivity contribution in [1.82, 2.24) is 45.2 Å². The van der Waals surface area contributed by atoms with Crippen molar-refractivity contribution in [2.24, 2.45) is 0 Å². The van der Waals surface area contributed by atoms with E-state index in [1.54, 1.807) is 6.07 Å². The number of para-hydroxylation sites is 4. The quantitative estimate of drug-likeness (QED) is 0.0406. The number of hydrogen-bond acceptors (Lipinski definition) is 19. The Hall–Kier alpha value is -9.78. The monoisotopic (exact) mass is 1960 g/mol. The van der Waals surface area contributed by atoms with Crippen molar-refractivity contribution in [3.8, 4) is 0 Å². The Balaban J connectivity index is 0.000000128. The predicted octanol–water partition coefficient (Wildman–Crippen LogP) is 24.4. The van der Waals surface area contributed by atoms with Crippen LogP contribution in [0.5, 0.6) is 0 Å². The standard InChI is InChI=1S/C33H49N5OSi.C29H39N5.C25H29BrN4.C13H20N2.C12H11BrN2O/c1-32(2,3)40(7,8)39-22-19-34-25-13-14-28-27(23-25)30(36-31(35-28)33(4)17-18-33)38-20-15-24(16-21-38)26-11-9-10-12-29(26)37(5)6;1-6-17-33(5)22-11-12-25-24(20-22)27(31-28(30-25)29(2)15-16-29)34-18-13-21(14-19-34)23-9-7-8-10-26(23)32(3)4;1-25(12-13-25)24-27-21-9-8-18(26)16-20(21)23(28-24)30-14-10-17(11-15-30)19-6-4-5-7-22(19)29(2)3;1-15(2)13-6-4-3-5-12(13)11-7-9-14-10-8-11;1-12(4-5-12)11-14-9-3-2-7(13)6-8(9)10(16)15-11/h9-14,23-24,34H,15-22H2,1-8H3;7-12,20-21H,6,13-19H2,1-5H3;4-9,16-17H,10-15H2,1-3H3;3-6,11,14H,7-10H2,1-2H3;2-3,6H,4-5H2,1H3,(H,14,15,16). The van der Waals surface area contributed by atoms with Crippen molar-refractivity contribution >= 4 is 135 Å². The summed E-state index contributed by atoms with van der Waals surface area (Å²) in [4.78, 5) is 68.8.